The standard InChI is InChI=1S/C14H11N3O2/c1-9-2-3-10-5-13(19-12(10)4-9)14(18)17-11-6-15-8-16-7-11/h2-8H,1H3,(H,17,18). The maximum atomic E-state index is 12.0. The molecular formula is C14H11N3O2. The minimum absolute atomic E-state index is 0.268. The van der Waals surface area contributed by atoms with Gasteiger partial charge in [0.2, 0.25) is 0 Å². The van der Waals surface area contributed by atoms with Crippen LogP contribution in [0.5, 0.6) is 0 Å². The number of nitrogens with zero attached hydrogens (tertiary/aromatic N) is 2. The molecule has 0 spiro atoms. The van der Waals surface area contributed by atoms with Gasteiger partial charge in [-0.2, -0.15) is 0 Å². The average Bonchev–Trinajstić information content (AvgIpc) is 2.83. The molecule has 1 N–H and O–H groups in total. The van der Waals surface area contributed by atoms with Crippen molar-refractivity contribution in [1.29, 1.82) is 0 Å². The Labute approximate surface area is 109 Å². The van der Waals surface area contributed by atoms with E-state index in [0.29, 0.717) is 11.3 Å². The zero-order chi connectivity index (χ0) is 13.2. The molecule has 0 aliphatic heterocycles. The van der Waals surface area contributed by atoms with E-state index >= 15 is 0 Å². The Balaban J connectivity index is 1.89. The second-order valence-electron chi connectivity index (χ2n) is 4.23. The smallest absolute Gasteiger partial charge is 0.291 e. The lowest BCUT2D eigenvalue weighted by Gasteiger charge is -2.00. The molecule has 0 radical (unpaired) electrons. The lowest BCUT2D eigenvalue weighted by molar-refractivity contribution is 0.0998. The highest BCUT2D eigenvalue weighted by molar-refractivity contribution is 6.04. The molecule has 0 atom stereocenters. The molecule has 1 aromatic carbocycles. The first-order valence-corrected chi connectivity index (χ1v) is 5.79. The van der Waals surface area contributed by atoms with Crippen molar-refractivity contribution in [3.05, 3.63) is 54.3 Å². The highest BCUT2D eigenvalue weighted by Gasteiger charge is 2.12. The number of hydrogen-bond donors (Lipinski definition) is 1. The third kappa shape index (κ3) is 2.30. The van der Waals surface area contributed by atoms with Crippen LogP contribution in [-0.4, -0.2) is 15.9 Å². The van der Waals surface area contributed by atoms with E-state index in [1.807, 2.05) is 25.1 Å². The summed E-state index contributed by atoms with van der Waals surface area (Å²) in [5.74, 6) is -0.0480. The largest absolute Gasteiger partial charge is 0.451 e. The third-order valence-electron chi connectivity index (χ3n) is 2.72. The number of hydrogen-bond acceptors (Lipinski definition) is 4. The van der Waals surface area contributed by atoms with Gasteiger partial charge in [-0.25, -0.2) is 9.97 Å². The molecule has 3 rings (SSSR count). The lowest BCUT2D eigenvalue weighted by atomic mass is 10.2. The van der Waals surface area contributed by atoms with Crippen LogP contribution in [0, 0.1) is 6.92 Å². The van der Waals surface area contributed by atoms with E-state index in [0.717, 1.165) is 10.9 Å². The van der Waals surface area contributed by atoms with Crippen LogP contribution in [0.3, 0.4) is 0 Å². The molecule has 3 aromatic rings. The van der Waals surface area contributed by atoms with Crippen molar-refractivity contribution in [2.24, 2.45) is 0 Å². The van der Waals surface area contributed by atoms with Gasteiger partial charge < -0.3 is 9.73 Å². The Hall–Kier alpha value is -2.69. The fourth-order valence-corrected chi connectivity index (χ4v) is 1.81. The number of anilines is 1. The Bertz CT molecular complexity index is 735. The normalized spacial score (nSPS) is 10.6. The molecule has 0 bridgehead atoms. The molecule has 2 aromatic heterocycles. The highest BCUT2D eigenvalue weighted by Crippen LogP contribution is 2.21. The molecule has 0 saturated heterocycles. The number of benzene rings is 1. The van der Waals surface area contributed by atoms with E-state index in [9.17, 15) is 4.79 Å². The fraction of sp³-hybridized carbons (Fsp3) is 0.0714. The minimum Gasteiger partial charge on any atom is -0.451 e. The summed E-state index contributed by atoms with van der Waals surface area (Å²) in [5, 5.41) is 3.58. The molecule has 94 valence electrons. The SMILES string of the molecule is Cc1ccc2cc(C(=O)Nc3cncnc3)oc2c1. The monoisotopic (exact) mass is 253 g/mol. The van der Waals surface area contributed by atoms with Crippen LogP contribution in [-0.2, 0) is 0 Å². The van der Waals surface area contributed by atoms with E-state index in [4.69, 9.17) is 4.42 Å². The molecule has 2 heterocycles. The van der Waals surface area contributed by atoms with Crippen molar-refractivity contribution < 1.29 is 9.21 Å². The van der Waals surface area contributed by atoms with Crippen LogP contribution >= 0.6 is 0 Å². The van der Waals surface area contributed by atoms with Gasteiger partial charge in [0.1, 0.15) is 11.9 Å². The molecule has 5 nitrogen and oxygen atoms in total. The first kappa shape index (κ1) is 11.4. The first-order chi connectivity index (χ1) is 9.22. The van der Waals surface area contributed by atoms with Crippen molar-refractivity contribution in [3.8, 4) is 0 Å². The van der Waals surface area contributed by atoms with E-state index in [1.165, 1.54) is 18.7 Å². The quantitative estimate of drug-likeness (QED) is 0.762. The minimum atomic E-state index is -0.316. The lowest BCUT2D eigenvalue weighted by Crippen LogP contribution is -2.11. The molecule has 0 saturated carbocycles. The summed E-state index contributed by atoms with van der Waals surface area (Å²) >= 11 is 0. The second kappa shape index (κ2) is 4.53. The summed E-state index contributed by atoms with van der Waals surface area (Å²) in [6.45, 7) is 1.98. The van der Waals surface area contributed by atoms with Gasteiger partial charge in [-0.1, -0.05) is 12.1 Å². The van der Waals surface area contributed by atoms with Gasteiger partial charge in [0.15, 0.2) is 5.76 Å². The van der Waals surface area contributed by atoms with Crippen LogP contribution in [0.4, 0.5) is 5.69 Å². The highest BCUT2D eigenvalue weighted by atomic mass is 16.3. The summed E-state index contributed by atoms with van der Waals surface area (Å²) in [7, 11) is 0. The number of aryl methyl sites for hydroxylation is 1. The van der Waals surface area contributed by atoms with Crippen LogP contribution in [0.2, 0.25) is 0 Å². The van der Waals surface area contributed by atoms with Crippen molar-refractivity contribution in [2.45, 2.75) is 6.92 Å². The van der Waals surface area contributed by atoms with E-state index < -0.39 is 0 Å². The predicted molar refractivity (Wildman–Crippen MR) is 70.9 cm³/mol. The van der Waals surface area contributed by atoms with Crippen LogP contribution in [0.1, 0.15) is 16.1 Å². The van der Waals surface area contributed by atoms with Gasteiger partial charge >= 0.3 is 0 Å². The van der Waals surface area contributed by atoms with Gasteiger partial charge in [0.05, 0.1) is 18.1 Å². The second-order valence-corrected chi connectivity index (χ2v) is 4.23. The zero-order valence-electron chi connectivity index (χ0n) is 10.3. The maximum Gasteiger partial charge on any atom is 0.291 e. The predicted octanol–water partition coefficient (Wildman–Crippen LogP) is 2.78. The Kier molecular flexibility index (Phi) is 2.72. The number of furan rings is 1. The molecule has 19 heavy (non-hydrogen) atoms. The van der Waals surface area contributed by atoms with Gasteiger partial charge in [-0.05, 0) is 24.6 Å². The molecule has 0 aliphatic rings. The molecule has 0 unspecified atom stereocenters. The number of carbonyl (C=O) groups excluding carboxylic acids is 1. The third-order valence-corrected chi connectivity index (χ3v) is 2.72. The van der Waals surface area contributed by atoms with E-state index in [2.05, 4.69) is 15.3 Å². The number of nitrogens with one attached hydrogen (secondary N) is 1. The van der Waals surface area contributed by atoms with Crippen molar-refractivity contribution in [1.82, 2.24) is 9.97 Å². The summed E-state index contributed by atoms with van der Waals surface area (Å²) in [6.07, 6.45) is 4.45. The van der Waals surface area contributed by atoms with Gasteiger partial charge in [-0.15, -0.1) is 0 Å². The van der Waals surface area contributed by atoms with Crippen molar-refractivity contribution in [2.75, 3.05) is 5.32 Å². The fourth-order valence-electron chi connectivity index (χ4n) is 1.81. The van der Waals surface area contributed by atoms with Gasteiger partial charge in [0.25, 0.3) is 5.91 Å². The van der Waals surface area contributed by atoms with Crippen molar-refractivity contribution >= 4 is 22.6 Å². The Morgan fingerprint density at radius 2 is 2.00 bits per heavy atom. The molecule has 5 heteroatoms. The molecule has 0 aliphatic carbocycles. The van der Waals surface area contributed by atoms with Crippen molar-refractivity contribution in [3.63, 3.8) is 0 Å². The molecule has 1 amide bonds. The number of rotatable bonds is 2. The van der Waals surface area contributed by atoms with Gasteiger partial charge in [-0.3, -0.25) is 4.79 Å². The van der Waals surface area contributed by atoms with Crippen LogP contribution < -0.4 is 5.32 Å². The molecular weight excluding hydrogens is 242 g/mol. The van der Waals surface area contributed by atoms with Crippen LogP contribution in [0.25, 0.3) is 11.0 Å². The summed E-state index contributed by atoms with van der Waals surface area (Å²) < 4.78 is 5.53. The number of carbonyl (C=O) groups is 1. The average molecular weight is 253 g/mol. The maximum absolute atomic E-state index is 12.0. The summed E-state index contributed by atoms with van der Waals surface area (Å²) in [4.78, 5) is 19.7. The van der Waals surface area contributed by atoms with E-state index in [-0.39, 0.29) is 11.7 Å². The summed E-state index contributed by atoms with van der Waals surface area (Å²) in [6, 6.07) is 7.52. The van der Waals surface area contributed by atoms with Gasteiger partial charge in [0, 0.05) is 5.39 Å². The van der Waals surface area contributed by atoms with Crippen LogP contribution in [0.15, 0.2) is 47.4 Å². The van der Waals surface area contributed by atoms with E-state index in [1.54, 1.807) is 6.07 Å². The Morgan fingerprint density at radius 1 is 1.21 bits per heavy atom. The molecule has 0 fully saturated rings. The number of amides is 1. The Morgan fingerprint density at radius 3 is 2.79 bits per heavy atom. The first-order valence-electron chi connectivity index (χ1n) is 5.79. The number of fused-ring (bicyclic) bond motifs is 1. The topological polar surface area (TPSA) is 68.0 Å². The summed E-state index contributed by atoms with van der Waals surface area (Å²) in [5.41, 5.74) is 2.32. The zero-order valence-corrected chi connectivity index (χ0v) is 10.3. The number of aromatic nitrogens is 2.